The molecular formula is C44H37ClF2N12O3. The minimum Gasteiger partial charge on any atom is -0.493 e. The van der Waals surface area contributed by atoms with E-state index in [2.05, 4.69) is 46.6 Å². The van der Waals surface area contributed by atoms with Gasteiger partial charge in [-0.1, -0.05) is 12.1 Å². The van der Waals surface area contributed by atoms with Gasteiger partial charge in [0.1, 0.15) is 40.5 Å². The van der Waals surface area contributed by atoms with Crippen LogP contribution in [0.25, 0.3) is 33.5 Å². The molecule has 8 heterocycles. The molecule has 4 N–H and O–H groups in total. The average Bonchev–Trinajstić information content (AvgIpc) is 4.10. The van der Waals surface area contributed by atoms with Crippen molar-refractivity contribution in [1.29, 1.82) is 5.26 Å². The number of imidazole rings is 2. The van der Waals surface area contributed by atoms with Crippen LogP contribution in [0.15, 0.2) is 85.7 Å². The monoisotopic (exact) mass is 854 g/mol. The van der Waals surface area contributed by atoms with E-state index >= 15 is 0 Å². The predicted octanol–water partition coefficient (Wildman–Crippen LogP) is 6.96. The van der Waals surface area contributed by atoms with Crippen LogP contribution in [0.5, 0.6) is 11.5 Å². The lowest BCUT2D eigenvalue weighted by molar-refractivity contribution is 0.0996. The molecule has 15 nitrogen and oxygen atoms in total. The second-order valence-electron chi connectivity index (χ2n) is 14.3. The van der Waals surface area contributed by atoms with Crippen LogP contribution in [0.3, 0.4) is 0 Å². The van der Waals surface area contributed by atoms with Gasteiger partial charge in [-0.3, -0.25) is 23.6 Å². The van der Waals surface area contributed by atoms with Crippen LogP contribution in [-0.4, -0.2) is 57.8 Å². The molecule has 18 heteroatoms. The van der Waals surface area contributed by atoms with Gasteiger partial charge in [0.15, 0.2) is 11.3 Å². The van der Waals surface area contributed by atoms with E-state index in [0.717, 1.165) is 45.0 Å². The van der Waals surface area contributed by atoms with Crippen LogP contribution in [0.1, 0.15) is 49.8 Å². The molecule has 0 saturated carbocycles. The van der Waals surface area contributed by atoms with E-state index in [1.54, 1.807) is 51.9 Å². The number of halogens is 3. The quantitative estimate of drug-likeness (QED) is 0.135. The number of fused-ring (bicyclic) bond motifs is 4. The number of nitrogens with two attached hydrogens (primary N) is 1. The van der Waals surface area contributed by atoms with Crippen LogP contribution in [-0.2, 0) is 25.9 Å². The van der Waals surface area contributed by atoms with Gasteiger partial charge in [0, 0.05) is 113 Å². The molecule has 0 spiro atoms. The number of carbonyl (C=O) groups excluding carboxylic acids is 1. The maximum atomic E-state index is 14.5. The van der Waals surface area contributed by atoms with E-state index < -0.39 is 5.91 Å². The maximum absolute atomic E-state index is 14.5. The highest BCUT2D eigenvalue weighted by Gasteiger charge is 2.23. The number of ether oxygens (including phenoxy) is 2. The number of nitrogens with zero attached hydrogens (tertiary/aromatic N) is 9. The summed E-state index contributed by atoms with van der Waals surface area (Å²) in [6.07, 6.45) is 11.3. The minimum absolute atomic E-state index is 0. The molecule has 62 heavy (non-hydrogen) atoms. The molecular weight excluding hydrogens is 818 g/mol. The van der Waals surface area contributed by atoms with E-state index in [-0.39, 0.29) is 48.5 Å². The van der Waals surface area contributed by atoms with Gasteiger partial charge in [0.05, 0.1) is 19.4 Å². The Morgan fingerprint density at radius 3 is 1.73 bits per heavy atom. The van der Waals surface area contributed by atoms with Crippen molar-refractivity contribution in [1.82, 2.24) is 38.7 Å². The first-order chi connectivity index (χ1) is 29.7. The van der Waals surface area contributed by atoms with Gasteiger partial charge in [0.25, 0.3) is 5.91 Å². The standard InChI is InChI=1S/C22H19FN6O2.C22H17FN6O.ClH/c1-12-13(3-2-7-25-12)16-10-27-22(29-11-18(20(24)30)28-21(16)29)26-9-15-14-6-8-31-19(14)5-4-17(15)23;1-13-15(3-2-7-25-13)18-11-27-22(29-12-14(9-24)28-21(18)29)26-10-17-16-6-8-30-20(16)5-4-19(17)23;/h2-5,7,10-11H,6,8-9H2,1H3,(H2,24,30)(H,26,27);2-5,7,11-12H,6,8,10H2,1H3,(H,26,27);1H. The second kappa shape index (κ2) is 17.1. The summed E-state index contributed by atoms with van der Waals surface area (Å²) in [5.74, 6) is 1.08. The van der Waals surface area contributed by atoms with Crippen LogP contribution < -0.4 is 25.8 Å². The Morgan fingerprint density at radius 2 is 1.24 bits per heavy atom. The number of nitrogens with one attached hydrogen (secondary N) is 2. The normalized spacial score (nSPS) is 12.3. The molecule has 8 aromatic rings. The highest BCUT2D eigenvalue weighted by atomic mass is 35.5. The number of aryl methyl sites for hydroxylation is 2. The number of aromatic nitrogens is 8. The fourth-order valence-corrected chi connectivity index (χ4v) is 7.65. The Kier molecular flexibility index (Phi) is 11.3. The maximum Gasteiger partial charge on any atom is 0.268 e. The molecule has 2 aliphatic heterocycles. The van der Waals surface area contributed by atoms with Gasteiger partial charge in [-0.15, -0.1) is 12.4 Å². The van der Waals surface area contributed by atoms with Gasteiger partial charge < -0.3 is 25.8 Å². The zero-order chi connectivity index (χ0) is 42.2. The van der Waals surface area contributed by atoms with E-state index in [9.17, 15) is 18.8 Å². The Balaban J connectivity index is 0.000000168. The van der Waals surface area contributed by atoms with Crippen LogP contribution >= 0.6 is 12.4 Å². The van der Waals surface area contributed by atoms with Crippen molar-refractivity contribution in [2.75, 3.05) is 23.8 Å². The van der Waals surface area contributed by atoms with Gasteiger partial charge >= 0.3 is 0 Å². The molecule has 10 rings (SSSR count). The topological polar surface area (TPSA) is 196 Å². The zero-order valence-electron chi connectivity index (χ0n) is 33.3. The number of carbonyl (C=O) groups is 1. The van der Waals surface area contributed by atoms with E-state index in [1.807, 2.05) is 38.1 Å². The molecule has 0 bridgehead atoms. The Labute approximate surface area is 359 Å². The number of anilines is 2. The molecule has 0 radical (unpaired) electrons. The van der Waals surface area contributed by atoms with Crippen molar-refractivity contribution in [3.05, 3.63) is 142 Å². The Bertz CT molecular complexity index is 3070. The smallest absolute Gasteiger partial charge is 0.268 e. The van der Waals surface area contributed by atoms with Crippen molar-refractivity contribution in [2.45, 2.75) is 39.8 Å². The molecule has 0 atom stereocenters. The van der Waals surface area contributed by atoms with E-state index in [0.29, 0.717) is 71.7 Å². The molecule has 0 fully saturated rings. The molecule has 6 aromatic heterocycles. The number of nitriles is 1. The number of rotatable bonds is 9. The summed E-state index contributed by atoms with van der Waals surface area (Å²) in [4.78, 5) is 38.3. The van der Waals surface area contributed by atoms with Crippen LogP contribution in [0, 0.1) is 36.8 Å². The first-order valence-corrected chi connectivity index (χ1v) is 19.3. The van der Waals surface area contributed by atoms with Crippen molar-refractivity contribution >= 4 is 41.5 Å². The highest BCUT2D eigenvalue weighted by molar-refractivity contribution is 5.93. The number of amides is 1. The number of primary amides is 1. The summed E-state index contributed by atoms with van der Waals surface area (Å²) in [6, 6.07) is 15.7. The third-order valence-corrected chi connectivity index (χ3v) is 10.7. The number of hydrogen-bond acceptors (Lipinski definition) is 12. The zero-order valence-corrected chi connectivity index (χ0v) is 34.1. The molecule has 312 valence electrons. The lowest BCUT2D eigenvalue weighted by atomic mass is 10.0. The van der Waals surface area contributed by atoms with Crippen LogP contribution in [0.2, 0.25) is 0 Å². The third-order valence-electron chi connectivity index (χ3n) is 10.7. The molecule has 2 aliphatic rings. The summed E-state index contributed by atoms with van der Waals surface area (Å²) in [5, 5.41) is 15.7. The summed E-state index contributed by atoms with van der Waals surface area (Å²) < 4.78 is 43.4. The van der Waals surface area contributed by atoms with Gasteiger partial charge in [-0.2, -0.15) is 5.26 Å². The third kappa shape index (κ3) is 7.63. The fourth-order valence-electron chi connectivity index (χ4n) is 7.65. The lowest BCUT2D eigenvalue weighted by Crippen LogP contribution is -2.11. The Hall–Kier alpha value is -7.71. The molecule has 2 aromatic carbocycles. The first-order valence-electron chi connectivity index (χ1n) is 19.3. The van der Waals surface area contributed by atoms with Crippen LogP contribution in [0.4, 0.5) is 20.7 Å². The number of benzene rings is 2. The van der Waals surface area contributed by atoms with Gasteiger partial charge in [-0.25, -0.2) is 28.7 Å². The molecule has 0 aliphatic carbocycles. The summed E-state index contributed by atoms with van der Waals surface area (Å²) in [6.45, 7) is 5.34. The fraction of sp³-hybridized carbons (Fsp3) is 0.182. The predicted molar refractivity (Wildman–Crippen MR) is 228 cm³/mol. The lowest BCUT2D eigenvalue weighted by Gasteiger charge is -2.13. The largest absolute Gasteiger partial charge is 0.493 e. The van der Waals surface area contributed by atoms with Gasteiger partial charge in [0.2, 0.25) is 11.9 Å². The molecule has 0 saturated heterocycles. The summed E-state index contributed by atoms with van der Waals surface area (Å²) in [7, 11) is 0. The highest BCUT2D eigenvalue weighted by Crippen LogP contribution is 2.34. The SMILES string of the molecule is Cc1ncccc1-c1cnc(NCc2c(F)ccc3c2CCO3)n2cc(C#N)nc12.Cc1ncccc1-c1cnc(NCc2c(F)ccc3c2CCO3)n2cc(C(N)=O)nc12.Cl. The van der Waals surface area contributed by atoms with Crippen molar-refractivity contribution in [3.63, 3.8) is 0 Å². The molecule has 1 amide bonds. The second-order valence-corrected chi connectivity index (χ2v) is 14.3. The van der Waals surface area contributed by atoms with Crippen molar-refractivity contribution < 1.29 is 23.0 Å². The Morgan fingerprint density at radius 1 is 0.742 bits per heavy atom. The summed E-state index contributed by atoms with van der Waals surface area (Å²) in [5.41, 5.74) is 14.6. The van der Waals surface area contributed by atoms with Crippen molar-refractivity contribution in [3.8, 4) is 39.8 Å². The van der Waals surface area contributed by atoms with Crippen molar-refractivity contribution in [2.24, 2.45) is 5.73 Å². The average molecular weight is 855 g/mol. The first kappa shape index (κ1) is 41.0. The number of pyridine rings is 2. The van der Waals surface area contributed by atoms with E-state index in [4.69, 9.17) is 15.2 Å². The van der Waals surface area contributed by atoms with Gasteiger partial charge in [-0.05, 0) is 50.2 Å². The van der Waals surface area contributed by atoms with E-state index in [1.165, 1.54) is 18.3 Å². The molecule has 0 unspecified atom stereocenters. The summed E-state index contributed by atoms with van der Waals surface area (Å²) >= 11 is 0. The minimum atomic E-state index is -0.646. The number of hydrogen-bond donors (Lipinski definition) is 3.